The van der Waals surface area contributed by atoms with Crippen molar-refractivity contribution in [2.45, 2.75) is 0 Å². The number of nitrogens with one attached hydrogen (secondary N) is 1. The summed E-state index contributed by atoms with van der Waals surface area (Å²) in [5, 5.41) is 2.70. The van der Waals surface area contributed by atoms with E-state index in [9.17, 15) is 14.4 Å². The molecule has 0 aliphatic heterocycles. The van der Waals surface area contributed by atoms with Gasteiger partial charge in [0.25, 0.3) is 5.91 Å². The summed E-state index contributed by atoms with van der Waals surface area (Å²) < 4.78 is 4.62. The van der Waals surface area contributed by atoms with Crippen LogP contribution in [0.4, 0.5) is 5.69 Å². The zero-order valence-corrected chi connectivity index (χ0v) is 14.9. The molecule has 0 aromatic heterocycles. The van der Waals surface area contributed by atoms with Gasteiger partial charge in [-0.15, -0.1) is 0 Å². The molecule has 0 radical (unpaired) electrons. The van der Waals surface area contributed by atoms with Gasteiger partial charge in [0.05, 0.1) is 12.7 Å². The predicted molar refractivity (Wildman–Crippen MR) is 99.9 cm³/mol. The van der Waals surface area contributed by atoms with Gasteiger partial charge in [-0.3, -0.25) is 9.59 Å². The van der Waals surface area contributed by atoms with Gasteiger partial charge in [-0.05, 0) is 48.0 Å². The molecule has 0 fully saturated rings. The van der Waals surface area contributed by atoms with Crippen molar-refractivity contribution in [1.82, 2.24) is 4.90 Å². The van der Waals surface area contributed by atoms with Crippen LogP contribution in [0.15, 0.2) is 54.6 Å². The first-order valence-electron chi connectivity index (χ1n) is 7.90. The van der Waals surface area contributed by atoms with Crippen molar-refractivity contribution in [3.05, 3.63) is 71.3 Å². The fourth-order valence-electron chi connectivity index (χ4n) is 2.16. The second-order valence-corrected chi connectivity index (χ2v) is 5.71. The molecule has 0 aliphatic carbocycles. The van der Waals surface area contributed by atoms with Crippen molar-refractivity contribution in [1.29, 1.82) is 0 Å². The molecule has 0 heterocycles. The number of hydrogen-bond donors (Lipinski definition) is 1. The second-order valence-electron chi connectivity index (χ2n) is 5.71. The molecule has 0 atom stereocenters. The Labute approximate surface area is 152 Å². The van der Waals surface area contributed by atoms with E-state index in [0.29, 0.717) is 16.8 Å². The van der Waals surface area contributed by atoms with Crippen LogP contribution < -0.4 is 5.32 Å². The highest BCUT2D eigenvalue weighted by Crippen LogP contribution is 2.11. The summed E-state index contributed by atoms with van der Waals surface area (Å²) in [7, 11) is 4.70. The molecule has 0 spiro atoms. The van der Waals surface area contributed by atoms with Crippen LogP contribution in [0.25, 0.3) is 6.08 Å². The molecule has 6 nitrogen and oxygen atoms in total. The Morgan fingerprint density at radius 1 is 0.923 bits per heavy atom. The van der Waals surface area contributed by atoms with E-state index in [1.54, 1.807) is 68.7 Å². The summed E-state index contributed by atoms with van der Waals surface area (Å²) in [6.07, 6.45) is 3.05. The first kappa shape index (κ1) is 18.9. The fraction of sp³-hybridized carbons (Fsp3) is 0.150. The quantitative estimate of drug-likeness (QED) is 0.663. The summed E-state index contributed by atoms with van der Waals surface area (Å²) in [6, 6.07) is 13.4. The molecule has 0 unspecified atom stereocenters. The fourth-order valence-corrected chi connectivity index (χ4v) is 2.16. The van der Waals surface area contributed by atoms with Crippen LogP contribution in [0.2, 0.25) is 0 Å². The zero-order chi connectivity index (χ0) is 19.1. The minimum absolute atomic E-state index is 0.0753. The zero-order valence-electron chi connectivity index (χ0n) is 14.9. The van der Waals surface area contributed by atoms with Gasteiger partial charge in [0, 0.05) is 31.4 Å². The number of ether oxygens (including phenoxy) is 1. The van der Waals surface area contributed by atoms with Gasteiger partial charge in [-0.25, -0.2) is 4.79 Å². The third-order valence-electron chi connectivity index (χ3n) is 3.56. The summed E-state index contributed by atoms with van der Waals surface area (Å²) in [6.45, 7) is 0. The maximum absolute atomic E-state index is 12.0. The molecule has 0 saturated heterocycles. The Morgan fingerprint density at radius 2 is 1.50 bits per heavy atom. The average Bonchev–Trinajstić information content (AvgIpc) is 2.66. The third-order valence-corrected chi connectivity index (χ3v) is 3.56. The van der Waals surface area contributed by atoms with Crippen LogP contribution >= 0.6 is 0 Å². The van der Waals surface area contributed by atoms with Crippen molar-refractivity contribution in [2.24, 2.45) is 0 Å². The maximum Gasteiger partial charge on any atom is 0.337 e. The normalized spacial score (nSPS) is 10.4. The highest BCUT2D eigenvalue weighted by molar-refractivity contribution is 6.02. The molecule has 0 saturated carbocycles. The van der Waals surface area contributed by atoms with Crippen molar-refractivity contribution in [3.8, 4) is 0 Å². The van der Waals surface area contributed by atoms with E-state index in [0.717, 1.165) is 5.56 Å². The highest BCUT2D eigenvalue weighted by atomic mass is 16.5. The molecule has 2 aromatic rings. The maximum atomic E-state index is 12.0. The summed E-state index contributed by atoms with van der Waals surface area (Å²) in [4.78, 5) is 36.7. The van der Waals surface area contributed by atoms with Gasteiger partial charge in [0.15, 0.2) is 0 Å². The van der Waals surface area contributed by atoms with E-state index in [4.69, 9.17) is 0 Å². The van der Waals surface area contributed by atoms with Crippen LogP contribution in [0.5, 0.6) is 0 Å². The minimum Gasteiger partial charge on any atom is -0.465 e. The molecule has 1 N–H and O–H groups in total. The van der Waals surface area contributed by atoms with Gasteiger partial charge in [-0.2, -0.15) is 0 Å². The molecule has 0 aliphatic rings. The topological polar surface area (TPSA) is 75.7 Å². The van der Waals surface area contributed by atoms with E-state index in [1.165, 1.54) is 18.1 Å². The molecule has 0 bridgehead atoms. The van der Waals surface area contributed by atoms with E-state index < -0.39 is 5.97 Å². The highest BCUT2D eigenvalue weighted by Gasteiger charge is 2.07. The van der Waals surface area contributed by atoms with E-state index in [1.807, 2.05) is 0 Å². The molecule has 2 rings (SSSR count). The largest absolute Gasteiger partial charge is 0.465 e. The molecule has 6 heteroatoms. The van der Waals surface area contributed by atoms with Gasteiger partial charge in [0.2, 0.25) is 5.91 Å². The number of nitrogens with zero attached hydrogens (tertiary/aromatic N) is 1. The molecular formula is C20H20N2O4. The molecule has 2 amide bonds. The lowest BCUT2D eigenvalue weighted by molar-refractivity contribution is -0.111. The number of benzene rings is 2. The van der Waals surface area contributed by atoms with Crippen LogP contribution in [0.1, 0.15) is 26.3 Å². The molecular weight excluding hydrogens is 332 g/mol. The van der Waals surface area contributed by atoms with Crippen LogP contribution in [-0.4, -0.2) is 43.9 Å². The van der Waals surface area contributed by atoms with Crippen molar-refractivity contribution in [3.63, 3.8) is 0 Å². The summed E-state index contributed by atoms with van der Waals surface area (Å²) in [5.41, 5.74) is 2.37. The summed E-state index contributed by atoms with van der Waals surface area (Å²) >= 11 is 0. The monoisotopic (exact) mass is 352 g/mol. The second kappa shape index (κ2) is 8.62. The number of carbonyl (C=O) groups excluding carboxylic acids is 3. The van der Waals surface area contributed by atoms with Crippen molar-refractivity contribution in [2.75, 3.05) is 26.5 Å². The Bertz CT molecular complexity index is 822. The number of carbonyl (C=O) groups is 3. The average molecular weight is 352 g/mol. The number of rotatable bonds is 5. The third kappa shape index (κ3) is 5.04. The number of esters is 1. The Morgan fingerprint density at radius 3 is 2.04 bits per heavy atom. The molecule has 26 heavy (non-hydrogen) atoms. The Hall–Kier alpha value is -3.41. The van der Waals surface area contributed by atoms with E-state index in [2.05, 4.69) is 10.1 Å². The SMILES string of the molecule is COC(=O)c1ccc(NC(=O)/C=C/c2ccc(C(=O)N(C)C)cc2)cc1. The minimum atomic E-state index is -0.432. The van der Waals surface area contributed by atoms with Gasteiger partial charge < -0.3 is 15.0 Å². The van der Waals surface area contributed by atoms with Crippen LogP contribution in [0, 0.1) is 0 Å². The number of anilines is 1. The first-order valence-corrected chi connectivity index (χ1v) is 7.90. The standard InChI is InChI=1S/C20H20N2O4/c1-22(2)19(24)15-7-4-14(5-8-15)6-13-18(23)21-17-11-9-16(10-12-17)20(25)26-3/h4-13H,1-3H3,(H,21,23)/b13-6+. The molecule has 134 valence electrons. The van der Waals surface area contributed by atoms with Crippen molar-refractivity contribution < 1.29 is 19.1 Å². The lowest BCUT2D eigenvalue weighted by Crippen LogP contribution is -2.21. The Kier molecular flexibility index (Phi) is 6.27. The van der Waals surface area contributed by atoms with Crippen molar-refractivity contribution >= 4 is 29.5 Å². The van der Waals surface area contributed by atoms with Crippen LogP contribution in [-0.2, 0) is 9.53 Å². The van der Waals surface area contributed by atoms with E-state index >= 15 is 0 Å². The van der Waals surface area contributed by atoms with Crippen LogP contribution in [0.3, 0.4) is 0 Å². The van der Waals surface area contributed by atoms with Gasteiger partial charge >= 0.3 is 5.97 Å². The lowest BCUT2D eigenvalue weighted by atomic mass is 10.1. The number of hydrogen-bond acceptors (Lipinski definition) is 4. The lowest BCUT2D eigenvalue weighted by Gasteiger charge is -2.09. The van der Waals surface area contributed by atoms with Gasteiger partial charge in [0.1, 0.15) is 0 Å². The summed E-state index contributed by atoms with van der Waals surface area (Å²) in [5.74, 6) is -0.808. The number of amides is 2. The Balaban J connectivity index is 1.96. The molecule has 2 aromatic carbocycles. The number of methoxy groups -OCH3 is 1. The van der Waals surface area contributed by atoms with E-state index in [-0.39, 0.29) is 11.8 Å². The first-order chi connectivity index (χ1) is 12.4. The smallest absolute Gasteiger partial charge is 0.337 e. The van der Waals surface area contributed by atoms with Gasteiger partial charge in [-0.1, -0.05) is 12.1 Å². The predicted octanol–water partition coefficient (Wildman–Crippen LogP) is 2.83.